The van der Waals surface area contributed by atoms with Crippen LogP contribution in [0.1, 0.15) is 34.0 Å². The van der Waals surface area contributed by atoms with Gasteiger partial charge >= 0.3 is 5.97 Å². The second-order valence-corrected chi connectivity index (χ2v) is 9.36. The largest absolute Gasteiger partial charge is 0.497 e. The summed E-state index contributed by atoms with van der Waals surface area (Å²) in [5.41, 5.74) is 1.77. The van der Waals surface area contributed by atoms with Gasteiger partial charge in [-0.15, -0.1) is 22.7 Å². The minimum Gasteiger partial charge on any atom is -0.497 e. The van der Waals surface area contributed by atoms with Gasteiger partial charge in [0.1, 0.15) is 22.9 Å². The van der Waals surface area contributed by atoms with E-state index in [2.05, 4.69) is 15.3 Å². The zero-order valence-electron chi connectivity index (χ0n) is 17.0. The number of benzene rings is 1. The number of hydrogen-bond donors (Lipinski definition) is 2. The highest BCUT2D eigenvalue weighted by atomic mass is 32.1. The van der Waals surface area contributed by atoms with E-state index in [1.54, 1.807) is 24.4 Å². The molecule has 0 spiro atoms. The number of carboxylic acids is 1. The number of carbonyl (C=O) groups is 1. The second-order valence-electron chi connectivity index (χ2n) is 7.38. The SMILES string of the molecule is COc1ccc(-c2nc(Nc3ncc(-c4cccs4)cc3C(=O)O)sc2C2CC2)c(F)c1. The molecular weight excluding hydrogens is 449 g/mol. The van der Waals surface area contributed by atoms with Crippen molar-refractivity contribution in [2.45, 2.75) is 18.8 Å². The number of methoxy groups -OCH3 is 1. The number of nitrogens with one attached hydrogen (secondary N) is 1. The van der Waals surface area contributed by atoms with E-state index in [-0.39, 0.29) is 11.4 Å². The summed E-state index contributed by atoms with van der Waals surface area (Å²) in [5, 5.41) is 15.2. The fraction of sp³-hybridized carbons (Fsp3) is 0.174. The molecule has 162 valence electrons. The van der Waals surface area contributed by atoms with E-state index in [1.807, 2.05) is 17.5 Å². The van der Waals surface area contributed by atoms with E-state index in [0.717, 1.165) is 28.2 Å². The van der Waals surface area contributed by atoms with E-state index in [0.29, 0.717) is 28.1 Å². The van der Waals surface area contributed by atoms with E-state index in [4.69, 9.17) is 4.74 Å². The van der Waals surface area contributed by atoms with Crippen molar-refractivity contribution >= 4 is 39.6 Å². The zero-order chi connectivity index (χ0) is 22.2. The van der Waals surface area contributed by atoms with Crippen LogP contribution >= 0.6 is 22.7 Å². The first kappa shape index (κ1) is 20.6. The lowest BCUT2D eigenvalue weighted by molar-refractivity contribution is 0.0697. The maximum atomic E-state index is 14.7. The molecule has 1 saturated carbocycles. The van der Waals surface area contributed by atoms with Crippen LogP contribution in [0.5, 0.6) is 5.75 Å². The lowest BCUT2D eigenvalue weighted by Crippen LogP contribution is -2.05. The predicted molar refractivity (Wildman–Crippen MR) is 124 cm³/mol. The molecule has 1 aromatic carbocycles. The monoisotopic (exact) mass is 467 g/mol. The molecule has 1 fully saturated rings. The number of thiazole rings is 1. The van der Waals surface area contributed by atoms with Crippen molar-refractivity contribution in [2.24, 2.45) is 0 Å². The number of thiophene rings is 1. The Bertz CT molecular complexity index is 1300. The Hall–Kier alpha value is -3.30. The Morgan fingerprint density at radius 1 is 1.28 bits per heavy atom. The van der Waals surface area contributed by atoms with Gasteiger partial charge < -0.3 is 15.2 Å². The van der Waals surface area contributed by atoms with E-state index < -0.39 is 11.8 Å². The quantitative estimate of drug-likeness (QED) is 0.327. The summed E-state index contributed by atoms with van der Waals surface area (Å²) in [6.45, 7) is 0. The molecule has 3 heterocycles. The normalized spacial score (nSPS) is 13.2. The summed E-state index contributed by atoms with van der Waals surface area (Å²) in [5.74, 6) is -0.510. The van der Waals surface area contributed by atoms with Gasteiger partial charge in [0.25, 0.3) is 0 Å². The van der Waals surface area contributed by atoms with Gasteiger partial charge in [0.2, 0.25) is 0 Å². The third-order valence-electron chi connectivity index (χ3n) is 5.18. The number of hydrogen-bond acceptors (Lipinski definition) is 7. The van der Waals surface area contributed by atoms with E-state index >= 15 is 0 Å². The molecule has 1 aliphatic carbocycles. The zero-order valence-corrected chi connectivity index (χ0v) is 18.6. The molecule has 32 heavy (non-hydrogen) atoms. The molecule has 0 atom stereocenters. The molecule has 0 amide bonds. The van der Waals surface area contributed by atoms with Crippen molar-refractivity contribution < 1.29 is 19.0 Å². The third kappa shape index (κ3) is 3.96. The van der Waals surface area contributed by atoms with Crippen molar-refractivity contribution in [3.8, 4) is 27.4 Å². The molecule has 0 aliphatic heterocycles. The summed E-state index contributed by atoms with van der Waals surface area (Å²) in [7, 11) is 1.49. The summed E-state index contributed by atoms with van der Waals surface area (Å²) in [4.78, 5) is 22.8. The lowest BCUT2D eigenvalue weighted by atomic mass is 10.1. The summed E-state index contributed by atoms with van der Waals surface area (Å²) in [6.07, 6.45) is 3.70. The number of rotatable bonds is 7. The first-order valence-electron chi connectivity index (χ1n) is 9.92. The van der Waals surface area contributed by atoms with Gasteiger partial charge in [-0.05, 0) is 48.4 Å². The highest BCUT2D eigenvalue weighted by Gasteiger charge is 2.31. The Morgan fingerprint density at radius 2 is 2.12 bits per heavy atom. The highest BCUT2D eigenvalue weighted by Crippen LogP contribution is 2.49. The van der Waals surface area contributed by atoms with Crippen LogP contribution in [0, 0.1) is 5.82 Å². The van der Waals surface area contributed by atoms with Crippen LogP contribution in [0.25, 0.3) is 21.7 Å². The van der Waals surface area contributed by atoms with E-state index in [1.165, 1.54) is 35.8 Å². The molecular formula is C23H18FN3O3S2. The van der Waals surface area contributed by atoms with Crippen LogP contribution in [-0.4, -0.2) is 28.2 Å². The molecule has 9 heteroatoms. The van der Waals surface area contributed by atoms with Gasteiger partial charge in [-0.2, -0.15) is 0 Å². The number of halogens is 1. The molecule has 1 aliphatic rings. The molecule has 5 rings (SSSR count). The molecule has 0 unspecified atom stereocenters. The highest BCUT2D eigenvalue weighted by molar-refractivity contribution is 7.16. The average molecular weight is 468 g/mol. The van der Waals surface area contributed by atoms with E-state index in [9.17, 15) is 14.3 Å². The Kier molecular flexibility index (Phi) is 5.36. The topological polar surface area (TPSA) is 84.3 Å². The standard InChI is InChI=1S/C23H18FN3O3S2/c1-30-14-6-7-15(17(24)10-14)19-20(12-4-5-12)32-23(26-19)27-21-16(22(28)29)9-13(11-25-21)18-3-2-8-31-18/h2-3,6-12H,4-5H2,1H3,(H,28,29)(H,25,26,27). The smallest absolute Gasteiger partial charge is 0.339 e. The van der Waals surface area contributed by atoms with Gasteiger partial charge in [-0.25, -0.2) is 19.2 Å². The third-order valence-corrected chi connectivity index (χ3v) is 7.23. The number of anilines is 2. The van der Waals surface area contributed by atoms with Crippen LogP contribution in [-0.2, 0) is 0 Å². The maximum Gasteiger partial charge on any atom is 0.339 e. The molecule has 0 radical (unpaired) electrons. The number of pyridine rings is 1. The predicted octanol–water partition coefficient (Wildman–Crippen LogP) is 6.40. The van der Waals surface area contributed by atoms with Gasteiger partial charge in [-0.3, -0.25) is 0 Å². The average Bonchev–Trinajstić information content (AvgIpc) is 3.31. The maximum absolute atomic E-state index is 14.7. The number of ether oxygens (including phenoxy) is 1. The fourth-order valence-electron chi connectivity index (χ4n) is 3.42. The molecule has 0 saturated heterocycles. The molecule has 3 aromatic heterocycles. The van der Waals surface area contributed by atoms with Crippen molar-refractivity contribution in [1.82, 2.24) is 9.97 Å². The van der Waals surface area contributed by atoms with Crippen molar-refractivity contribution in [2.75, 3.05) is 12.4 Å². The Balaban J connectivity index is 1.51. The van der Waals surface area contributed by atoms with Gasteiger partial charge in [-0.1, -0.05) is 6.07 Å². The molecule has 6 nitrogen and oxygen atoms in total. The number of aromatic carboxylic acids is 1. The van der Waals surface area contributed by atoms with Crippen LogP contribution < -0.4 is 10.1 Å². The molecule has 4 aromatic rings. The van der Waals surface area contributed by atoms with Crippen LogP contribution in [0.15, 0.2) is 48.0 Å². The second kappa shape index (κ2) is 8.33. The summed E-state index contributed by atoms with van der Waals surface area (Å²) >= 11 is 2.92. The fourth-order valence-corrected chi connectivity index (χ4v) is 5.28. The lowest BCUT2D eigenvalue weighted by Gasteiger charge is -2.08. The van der Waals surface area contributed by atoms with Crippen molar-refractivity contribution in [3.05, 3.63) is 64.2 Å². The van der Waals surface area contributed by atoms with Crippen LogP contribution in [0.3, 0.4) is 0 Å². The molecule has 2 N–H and O–H groups in total. The summed E-state index contributed by atoms with van der Waals surface area (Å²) < 4.78 is 19.8. The van der Waals surface area contributed by atoms with Crippen LogP contribution in [0.4, 0.5) is 15.3 Å². The van der Waals surface area contributed by atoms with Crippen molar-refractivity contribution in [3.63, 3.8) is 0 Å². The Morgan fingerprint density at radius 3 is 2.78 bits per heavy atom. The van der Waals surface area contributed by atoms with Gasteiger partial charge in [0.15, 0.2) is 5.13 Å². The van der Waals surface area contributed by atoms with Crippen molar-refractivity contribution in [1.29, 1.82) is 0 Å². The number of nitrogens with zero attached hydrogens (tertiary/aromatic N) is 2. The number of aromatic nitrogens is 2. The number of carboxylic acid groups (broad SMARTS) is 1. The minimum absolute atomic E-state index is 0.0521. The minimum atomic E-state index is -1.08. The van der Waals surface area contributed by atoms with Gasteiger partial charge in [0, 0.05) is 33.1 Å². The first-order valence-corrected chi connectivity index (χ1v) is 11.6. The van der Waals surface area contributed by atoms with Crippen LogP contribution in [0.2, 0.25) is 0 Å². The van der Waals surface area contributed by atoms with Gasteiger partial charge in [0.05, 0.1) is 12.8 Å². The molecule has 0 bridgehead atoms. The first-order chi connectivity index (χ1) is 15.5. The Labute approximate surface area is 191 Å². The summed E-state index contributed by atoms with van der Waals surface area (Å²) in [6, 6.07) is 10.1.